The second kappa shape index (κ2) is 9.91. The lowest BCUT2D eigenvalue weighted by molar-refractivity contribution is -0.131. The van der Waals surface area contributed by atoms with Gasteiger partial charge >= 0.3 is 0 Å². The number of rotatable bonds is 6. The van der Waals surface area contributed by atoms with Crippen molar-refractivity contribution in [2.75, 3.05) is 13.1 Å². The molecule has 0 spiro atoms. The van der Waals surface area contributed by atoms with Gasteiger partial charge < -0.3 is 4.90 Å². The molecule has 5 rings (SSSR count). The van der Waals surface area contributed by atoms with E-state index in [0.29, 0.717) is 16.5 Å². The molecule has 35 heavy (non-hydrogen) atoms. The van der Waals surface area contributed by atoms with E-state index in [1.807, 2.05) is 79.5 Å². The fraction of sp³-hybridized carbons (Fsp3) is 0.320. The monoisotopic (exact) mass is 489 g/mol. The summed E-state index contributed by atoms with van der Waals surface area (Å²) in [6.45, 7) is 3.38. The predicted molar refractivity (Wildman–Crippen MR) is 134 cm³/mol. The summed E-state index contributed by atoms with van der Waals surface area (Å²) in [7, 11) is 1.83. The maximum Gasteiger partial charge on any atom is 0.297 e. The van der Waals surface area contributed by atoms with Crippen molar-refractivity contribution >= 4 is 17.7 Å². The van der Waals surface area contributed by atoms with Crippen molar-refractivity contribution in [3.8, 4) is 11.4 Å². The molecular weight excluding hydrogens is 462 g/mol. The SMILES string of the molecule is Cc1c(-n2nnnc2S[C@@H](C(=O)N2CCCCC2)c2ccccc2)c(=O)n(-c2ccccc2)n1C. The molecule has 2 aromatic heterocycles. The molecule has 1 aliphatic heterocycles. The van der Waals surface area contributed by atoms with Crippen molar-refractivity contribution < 1.29 is 4.79 Å². The van der Waals surface area contributed by atoms with Crippen LogP contribution in [0.1, 0.15) is 35.8 Å². The van der Waals surface area contributed by atoms with E-state index in [1.54, 1.807) is 9.36 Å². The summed E-state index contributed by atoms with van der Waals surface area (Å²) in [6.07, 6.45) is 3.17. The smallest absolute Gasteiger partial charge is 0.297 e. The molecule has 10 heteroatoms. The van der Waals surface area contributed by atoms with Gasteiger partial charge in [-0.05, 0) is 54.3 Å². The molecule has 0 bridgehead atoms. The van der Waals surface area contributed by atoms with E-state index in [2.05, 4.69) is 15.5 Å². The van der Waals surface area contributed by atoms with Crippen LogP contribution in [0.3, 0.4) is 0 Å². The Balaban J connectivity index is 1.54. The largest absolute Gasteiger partial charge is 0.341 e. The van der Waals surface area contributed by atoms with Crippen LogP contribution in [0.2, 0.25) is 0 Å². The van der Waals surface area contributed by atoms with Crippen molar-refractivity contribution in [1.82, 2.24) is 34.5 Å². The third-order valence-electron chi connectivity index (χ3n) is 6.39. The number of carbonyl (C=O) groups excluding carboxylic acids is 1. The second-order valence-electron chi connectivity index (χ2n) is 8.58. The van der Waals surface area contributed by atoms with Crippen molar-refractivity contribution in [2.45, 2.75) is 36.6 Å². The van der Waals surface area contributed by atoms with Crippen LogP contribution in [0.4, 0.5) is 0 Å². The molecule has 1 atom stereocenters. The van der Waals surface area contributed by atoms with Gasteiger partial charge in [-0.1, -0.05) is 60.3 Å². The minimum atomic E-state index is -0.514. The van der Waals surface area contributed by atoms with E-state index in [-0.39, 0.29) is 11.5 Å². The summed E-state index contributed by atoms with van der Waals surface area (Å²) < 4.78 is 4.84. The number of carbonyl (C=O) groups is 1. The second-order valence-corrected chi connectivity index (χ2v) is 9.65. The van der Waals surface area contributed by atoms with E-state index in [0.717, 1.165) is 43.6 Å². The third kappa shape index (κ3) is 4.41. The zero-order chi connectivity index (χ0) is 24.4. The maximum atomic E-state index is 13.6. The number of aromatic nitrogens is 6. The van der Waals surface area contributed by atoms with Gasteiger partial charge in [0.05, 0.1) is 11.4 Å². The van der Waals surface area contributed by atoms with E-state index in [4.69, 9.17) is 0 Å². The Kier molecular flexibility index (Phi) is 6.54. The molecule has 180 valence electrons. The standard InChI is InChI=1S/C25H27N7O2S/c1-18-21(23(33)32(29(18)2)20-14-8-4-9-15-20)31-25(26-27-28-31)35-22(19-12-6-3-7-13-19)24(34)30-16-10-5-11-17-30/h3-4,6-9,12-15,22H,5,10-11,16-17H2,1-2H3/t22-/m1/s1. The number of hydrogen-bond donors (Lipinski definition) is 0. The lowest BCUT2D eigenvalue weighted by Gasteiger charge is -2.30. The fourth-order valence-corrected chi connectivity index (χ4v) is 5.53. The van der Waals surface area contributed by atoms with E-state index < -0.39 is 5.25 Å². The molecule has 1 fully saturated rings. The van der Waals surface area contributed by atoms with Crippen LogP contribution >= 0.6 is 11.8 Å². The number of amides is 1. The molecule has 0 unspecified atom stereocenters. The zero-order valence-corrected chi connectivity index (χ0v) is 20.6. The number of nitrogens with zero attached hydrogens (tertiary/aromatic N) is 7. The van der Waals surface area contributed by atoms with Crippen molar-refractivity contribution in [3.05, 3.63) is 82.3 Å². The quantitative estimate of drug-likeness (QED) is 0.386. The predicted octanol–water partition coefficient (Wildman–Crippen LogP) is 3.31. The summed E-state index contributed by atoms with van der Waals surface area (Å²) in [5.41, 5.74) is 2.48. The number of benzene rings is 2. The molecule has 0 N–H and O–H groups in total. The van der Waals surface area contributed by atoms with Crippen LogP contribution in [0.5, 0.6) is 0 Å². The summed E-state index contributed by atoms with van der Waals surface area (Å²) in [5.74, 6) is 0.0435. The van der Waals surface area contributed by atoms with Crippen LogP contribution in [-0.2, 0) is 11.8 Å². The summed E-state index contributed by atoms with van der Waals surface area (Å²) in [5, 5.41) is 12.1. The number of thioether (sulfide) groups is 1. The first-order chi connectivity index (χ1) is 17.1. The topological polar surface area (TPSA) is 90.8 Å². The highest BCUT2D eigenvalue weighted by Crippen LogP contribution is 2.37. The van der Waals surface area contributed by atoms with Crippen LogP contribution in [0.25, 0.3) is 11.4 Å². The molecule has 0 radical (unpaired) electrons. The van der Waals surface area contributed by atoms with Crippen LogP contribution < -0.4 is 5.56 Å². The number of hydrogen-bond acceptors (Lipinski definition) is 6. The average molecular weight is 490 g/mol. The van der Waals surface area contributed by atoms with E-state index in [1.165, 1.54) is 16.4 Å². The molecule has 0 aliphatic carbocycles. The molecular formula is C25H27N7O2S. The Labute approximate surface area is 207 Å². The molecule has 1 saturated heterocycles. The normalized spacial score (nSPS) is 14.7. The molecule has 1 aliphatic rings. The van der Waals surface area contributed by atoms with Crippen molar-refractivity contribution in [2.24, 2.45) is 7.05 Å². The maximum absolute atomic E-state index is 13.6. The number of likely N-dealkylation sites (tertiary alicyclic amines) is 1. The van der Waals surface area contributed by atoms with Gasteiger partial charge in [-0.2, -0.15) is 4.68 Å². The lowest BCUT2D eigenvalue weighted by Crippen LogP contribution is -2.38. The third-order valence-corrected chi connectivity index (χ3v) is 7.57. The van der Waals surface area contributed by atoms with E-state index >= 15 is 0 Å². The minimum Gasteiger partial charge on any atom is -0.341 e. The number of tetrazole rings is 1. The minimum absolute atomic E-state index is 0.0435. The first kappa shape index (κ1) is 23.1. The zero-order valence-electron chi connectivity index (χ0n) is 19.7. The van der Waals surface area contributed by atoms with Gasteiger partial charge in [-0.25, -0.2) is 4.68 Å². The highest BCUT2D eigenvalue weighted by Gasteiger charge is 2.31. The van der Waals surface area contributed by atoms with Gasteiger partial charge in [0.2, 0.25) is 11.1 Å². The summed E-state index contributed by atoms with van der Waals surface area (Å²) >= 11 is 1.28. The Morgan fingerprint density at radius 1 is 0.971 bits per heavy atom. The summed E-state index contributed by atoms with van der Waals surface area (Å²) in [4.78, 5) is 29.1. The van der Waals surface area contributed by atoms with Gasteiger partial charge in [-0.3, -0.25) is 14.3 Å². The molecule has 0 saturated carbocycles. The molecule has 9 nitrogen and oxygen atoms in total. The van der Waals surface area contributed by atoms with Gasteiger partial charge in [0, 0.05) is 20.1 Å². The highest BCUT2D eigenvalue weighted by atomic mass is 32.2. The van der Waals surface area contributed by atoms with Crippen LogP contribution in [0, 0.1) is 6.92 Å². The Hall–Kier alpha value is -3.66. The Morgan fingerprint density at radius 3 is 2.31 bits per heavy atom. The van der Waals surface area contributed by atoms with Crippen molar-refractivity contribution in [1.29, 1.82) is 0 Å². The summed E-state index contributed by atoms with van der Waals surface area (Å²) in [6, 6.07) is 19.1. The first-order valence-corrected chi connectivity index (χ1v) is 12.6. The van der Waals surface area contributed by atoms with Gasteiger partial charge in [0.1, 0.15) is 5.25 Å². The molecule has 2 aromatic carbocycles. The van der Waals surface area contributed by atoms with Crippen LogP contribution in [0.15, 0.2) is 70.6 Å². The average Bonchev–Trinajstić information content (AvgIpc) is 3.44. The van der Waals surface area contributed by atoms with Gasteiger partial charge in [0.25, 0.3) is 5.56 Å². The fourth-order valence-electron chi connectivity index (χ4n) is 4.47. The van der Waals surface area contributed by atoms with E-state index in [9.17, 15) is 9.59 Å². The molecule has 3 heterocycles. The Bertz CT molecular complexity index is 1370. The van der Waals surface area contributed by atoms with Crippen LogP contribution in [-0.4, -0.2) is 53.5 Å². The number of para-hydroxylation sites is 1. The molecule has 4 aromatic rings. The van der Waals surface area contributed by atoms with Gasteiger partial charge in [-0.15, -0.1) is 5.10 Å². The van der Waals surface area contributed by atoms with Gasteiger partial charge in [0.15, 0.2) is 5.69 Å². The number of piperidine rings is 1. The molecule has 1 amide bonds. The highest BCUT2D eigenvalue weighted by molar-refractivity contribution is 8.00. The Morgan fingerprint density at radius 2 is 1.63 bits per heavy atom. The van der Waals surface area contributed by atoms with Crippen molar-refractivity contribution in [3.63, 3.8) is 0 Å². The lowest BCUT2D eigenvalue weighted by atomic mass is 10.1. The first-order valence-electron chi connectivity index (χ1n) is 11.7.